The molecule has 3 aliphatic heterocycles. The van der Waals surface area contributed by atoms with Gasteiger partial charge >= 0.3 is 0 Å². The molecule has 7 heteroatoms. The zero-order valence-corrected chi connectivity index (χ0v) is 17.8. The van der Waals surface area contributed by atoms with Gasteiger partial charge in [0.1, 0.15) is 11.9 Å². The Kier molecular flexibility index (Phi) is 6.87. The summed E-state index contributed by atoms with van der Waals surface area (Å²) in [5.74, 6) is 2.85. The zero-order chi connectivity index (χ0) is 20.1. The summed E-state index contributed by atoms with van der Waals surface area (Å²) in [7, 11) is 1.84. The van der Waals surface area contributed by atoms with E-state index in [-0.39, 0.29) is 12.2 Å². The topological polar surface area (TPSA) is 62.2 Å². The lowest BCUT2D eigenvalue weighted by Crippen LogP contribution is -2.53. The maximum Gasteiger partial charge on any atom is 0.194 e. The fourth-order valence-corrected chi connectivity index (χ4v) is 4.45. The van der Waals surface area contributed by atoms with E-state index in [1.807, 2.05) is 13.2 Å². The minimum Gasteiger partial charge on any atom is -0.375 e. The van der Waals surface area contributed by atoms with Crippen LogP contribution in [0.3, 0.4) is 0 Å². The van der Waals surface area contributed by atoms with Crippen LogP contribution in [-0.4, -0.2) is 74.5 Å². The summed E-state index contributed by atoms with van der Waals surface area (Å²) in [6, 6.07) is 4.33. The van der Waals surface area contributed by atoms with Gasteiger partial charge in [0.25, 0.3) is 0 Å². The number of guanidine groups is 1. The maximum absolute atomic E-state index is 5.96. The molecule has 7 nitrogen and oxygen atoms in total. The summed E-state index contributed by atoms with van der Waals surface area (Å²) in [5.41, 5.74) is 1.17. The third kappa shape index (κ3) is 5.20. The van der Waals surface area contributed by atoms with E-state index in [9.17, 15) is 0 Å². The number of aromatic nitrogens is 1. The average molecular weight is 402 g/mol. The number of nitrogens with one attached hydrogen (secondary N) is 1. The molecule has 0 aromatic carbocycles. The number of pyridine rings is 1. The molecule has 0 bridgehead atoms. The van der Waals surface area contributed by atoms with Crippen LogP contribution in [0.4, 0.5) is 5.82 Å². The molecule has 3 aliphatic rings. The highest BCUT2D eigenvalue weighted by molar-refractivity contribution is 5.80. The second-order valence-electron chi connectivity index (χ2n) is 8.50. The molecule has 0 radical (unpaired) electrons. The van der Waals surface area contributed by atoms with Gasteiger partial charge in [-0.3, -0.25) is 4.99 Å². The summed E-state index contributed by atoms with van der Waals surface area (Å²) in [6.45, 7) is 8.54. The molecule has 2 unspecified atom stereocenters. The maximum atomic E-state index is 5.96. The number of anilines is 1. The quantitative estimate of drug-likeness (QED) is 0.617. The van der Waals surface area contributed by atoms with Crippen molar-refractivity contribution in [2.24, 2.45) is 10.9 Å². The first-order valence-corrected chi connectivity index (χ1v) is 11.1. The van der Waals surface area contributed by atoms with E-state index in [1.165, 1.54) is 18.4 Å². The summed E-state index contributed by atoms with van der Waals surface area (Å²) >= 11 is 0. The molecule has 3 saturated heterocycles. The van der Waals surface area contributed by atoms with E-state index in [0.29, 0.717) is 0 Å². The highest BCUT2D eigenvalue weighted by Gasteiger charge is 2.32. The van der Waals surface area contributed by atoms with Gasteiger partial charge in [0, 0.05) is 52.6 Å². The molecule has 0 aliphatic carbocycles. The highest BCUT2D eigenvalue weighted by atomic mass is 16.5. The van der Waals surface area contributed by atoms with Gasteiger partial charge < -0.3 is 24.6 Å². The SMILES string of the molecule is CN=C(NCc1ccc(N2CCC(C)CC2)nc1)N1CCOC(C2CCCO2)C1. The van der Waals surface area contributed by atoms with E-state index in [2.05, 4.69) is 39.2 Å². The lowest BCUT2D eigenvalue weighted by atomic mass is 9.99. The molecule has 0 spiro atoms. The standard InChI is InChI=1S/C22H35N5O2/c1-17-7-9-26(10-8-17)21-6-5-18(14-24-21)15-25-22(23-2)27-11-13-29-20(16-27)19-4-3-12-28-19/h5-6,14,17,19-20H,3-4,7-13,15-16H2,1-2H3,(H,23,25). The van der Waals surface area contributed by atoms with Gasteiger partial charge in [-0.25, -0.2) is 4.98 Å². The Labute approximate surface area is 174 Å². The van der Waals surface area contributed by atoms with Crippen LogP contribution in [0.25, 0.3) is 0 Å². The molecule has 2 atom stereocenters. The van der Waals surface area contributed by atoms with Gasteiger partial charge in [-0.2, -0.15) is 0 Å². The van der Waals surface area contributed by atoms with Crippen LogP contribution < -0.4 is 10.2 Å². The van der Waals surface area contributed by atoms with E-state index >= 15 is 0 Å². The Morgan fingerprint density at radius 1 is 1.14 bits per heavy atom. The number of aliphatic imine (C=N–C) groups is 1. The Bertz CT molecular complexity index is 666. The smallest absolute Gasteiger partial charge is 0.194 e. The van der Waals surface area contributed by atoms with E-state index in [4.69, 9.17) is 14.5 Å². The third-order valence-electron chi connectivity index (χ3n) is 6.35. The molecule has 0 saturated carbocycles. The molecular weight excluding hydrogens is 366 g/mol. The van der Waals surface area contributed by atoms with Crippen molar-refractivity contribution in [3.05, 3.63) is 23.9 Å². The Hall–Kier alpha value is -1.86. The summed E-state index contributed by atoms with van der Waals surface area (Å²) in [6.07, 6.45) is 7.10. The fourth-order valence-electron chi connectivity index (χ4n) is 4.45. The predicted molar refractivity (Wildman–Crippen MR) is 115 cm³/mol. The van der Waals surface area contributed by atoms with Crippen LogP contribution >= 0.6 is 0 Å². The second-order valence-corrected chi connectivity index (χ2v) is 8.50. The van der Waals surface area contributed by atoms with Crippen molar-refractivity contribution in [1.29, 1.82) is 0 Å². The van der Waals surface area contributed by atoms with Gasteiger partial charge in [0.2, 0.25) is 0 Å². The third-order valence-corrected chi connectivity index (χ3v) is 6.35. The van der Waals surface area contributed by atoms with Crippen LogP contribution in [0.15, 0.2) is 23.3 Å². The van der Waals surface area contributed by atoms with Crippen molar-refractivity contribution in [1.82, 2.24) is 15.2 Å². The first-order chi connectivity index (χ1) is 14.2. The predicted octanol–water partition coefficient (Wildman–Crippen LogP) is 2.27. The first kappa shape index (κ1) is 20.4. The van der Waals surface area contributed by atoms with E-state index in [1.54, 1.807) is 0 Å². The Balaban J connectivity index is 1.29. The first-order valence-electron chi connectivity index (χ1n) is 11.1. The second kappa shape index (κ2) is 9.76. The van der Waals surface area contributed by atoms with Crippen LogP contribution in [0, 0.1) is 5.92 Å². The van der Waals surface area contributed by atoms with Crippen molar-refractivity contribution in [2.75, 3.05) is 51.3 Å². The minimum absolute atomic E-state index is 0.137. The largest absolute Gasteiger partial charge is 0.375 e. The molecular formula is C22H35N5O2. The number of ether oxygens (including phenoxy) is 2. The van der Waals surface area contributed by atoms with Crippen LogP contribution in [-0.2, 0) is 16.0 Å². The van der Waals surface area contributed by atoms with Crippen LogP contribution in [0.5, 0.6) is 0 Å². The van der Waals surface area contributed by atoms with Gasteiger partial charge in [-0.05, 0) is 43.2 Å². The summed E-state index contributed by atoms with van der Waals surface area (Å²) in [4.78, 5) is 13.9. The number of hydrogen-bond donors (Lipinski definition) is 1. The lowest BCUT2D eigenvalue weighted by molar-refractivity contribution is -0.0817. The molecule has 0 amide bonds. The van der Waals surface area contributed by atoms with Gasteiger partial charge in [0.15, 0.2) is 5.96 Å². The van der Waals surface area contributed by atoms with E-state index in [0.717, 1.165) is 76.5 Å². The Morgan fingerprint density at radius 2 is 1.97 bits per heavy atom. The summed E-state index contributed by atoms with van der Waals surface area (Å²) < 4.78 is 11.8. The molecule has 1 aromatic heterocycles. The van der Waals surface area contributed by atoms with E-state index < -0.39 is 0 Å². The summed E-state index contributed by atoms with van der Waals surface area (Å²) in [5, 5.41) is 3.50. The number of piperidine rings is 1. The van der Waals surface area contributed by atoms with Crippen molar-refractivity contribution in [3.63, 3.8) is 0 Å². The van der Waals surface area contributed by atoms with Crippen molar-refractivity contribution in [2.45, 2.75) is 51.4 Å². The number of morpholine rings is 1. The monoisotopic (exact) mass is 401 g/mol. The van der Waals surface area contributed by atoms with Gasteiger partial charge in [-0.1, -0.05) is 13.0 Å². The molecule has 1 N–H and O–H groups in total. The molecule has 4 rings (SSSR count). The molecule has 4 heterocycles. The molecule has 160 valence electrons. The minimum atomic E-state index is 0.137. The fraction of sp³-hybridized carbons (Fsp3) is 0.727. The molecule has 1 aromatic rings. The van der Waals surface area contributed by atoms with Gasteiger partial charge in [-0.15, -0.1) is 0 Å². The average Bonchev–Trinajstić information content (AvgIpc) is 3.31. The number of hydrogen-bond acceptors (Lipinski definition) is 5. The normalized spacial score (nSPS) is 26.8. The molecule has 3 fully saturated rings. The number of rotatable bonds is 4. The van der Waals surface area contributed by atoms with Crippen LogP contribution in [0.1, 0.15) is 38.2 Å². The van der Waals surface area contributed by atoms with Crippen molar-refractivity contribution in [3.8, 4) is 0 Å². The van der Waals surface area contributed by atoms with Crippen molar-refractivity contribution < 1.29 is 9.47 Å². The zero-order valence-electron chi connectivity index (χ0n) is 17.8. The van der Waals surface area contributed by atoms with Gasteiger partial charge in [0.05, 0.1) is 12.7 Å². The lowest BCUT2D eigenvalue weighted by Gasteiger charge is -2.37. The van der Waals surface area contributed by atoms with Crippen LogP contribution in [0.2, 0.25) is 0 Å². The number of nitrogens with zero attached hydrogens (tertiary/aromatic N) is 4. The Morgan fingerprint density at radius 3 is 2.66 bits per heavy atom. The highest BCUT2D eigenvalue weighted by Crippen LogP contribution is 2.22. The molecule has 29 heavy (non-hydrogen) atoms. The van der Waals surface area contributed by atoms with Crippen molar-refractivity contribution >= 4 is 11.8 Å².